The Bertz CT molecular complexity index is 678. The first-order chi connectivity index (χ1) is 9.36. The number of hydrogen-bond donors (Lipinski definition) is 2. The lowest BCUT2D eigenvalue weighted by Crippen LogP contribution is -2.01. The molecule has 0 atom stereocenters. The summed E-state index contributed by atoms with van der Waals surface area (Å²) in [4.78, 5) is 11.3. The van der Waals surface area contributed by atoms with Crippen molar-refractivity contribution >= 4 is 10.9 Å². The lowest BCUT2D eigenvalue weighted by atomic mass is 10.1. The standard InChI is InChI=1S/C14H14N4O/c15-5-4-10-9-18-13-3-2-11(8-12(10)13)19-14-16-6-1-7-17-14/h1-3,6-9,18H,4-5,15H2. The normalized spacial score (nSPS) is 10.8. The van der Waals surface area contributed by atoms with Crippen LogP contribution in [0.3, 0.4) is 0 Å². The SMILES string of the molecule is NCCc1c[nH]c2ccc(Oc3ncccn3)cc12. The minimum atomic E-state index is 0.345. The molecule has 19 heavy (non-hydrogen) atoms. The molecular weight excluding hydrogens is 240 g/mol. The zero-order valence-electron chi connectivity index (χ0n) is 10.3. The van der Waals surface area contributed by atoms with Crippen molar-refractivity contribution in [2.75, 3.05) is 6.54 Å². The van der Waals surface area contributed by atoms with Crippen molar-refractivity contribution in [3.05, 3.63) is 48.4 Å². The van der Waals surface area contributed by atoms with E-state index >= 15 is 0 Å². The second kappa shape index (κ2) is 5.07. The molecule has 2 heterocycles. The quantitative estimate of drug-likeness (QED) is 0.748. The third-order valence-electron chi connectivity index (χ3n) is 2.90. The molecule has 0 amide bonds. The molecule has 0 radical (unpaired) electrons. The Labute approximate surface area is 110 Å². The molecule has 5 heteroatoms. The van der Waals surface area contributed by atoms with Gasteiger partial charge in [0.2, 0.25) is 0 Å². The number of nitrogens with zero attached hydrogens (tertiary/aromatic N) is 2. The van der Waals surface area contributed by atoms with Gasteiger partial charge >= 0.3 is 6.01 Å². The van der Waals surface area contributed by atoms with E-state index in [1.165, 1.54) is 5.56 Å². The maximum Gasteiger partial charge on any atom is 0.321 e. The maximum absolute atomic E-state index is 5.62. The van der Waals surface area contributed by atoms with Crippen LogP contribution in [0.1, 0.15) is 5.56 Å². The van der Waals surface area contributed by atoms with Crippen molar-refractivity contribution in [1.82, 2.24) is 15.0 Å². The van der Waals surface area contributed by atoms with E-state index in [1.807, 2.05) is 24.4 Å². The molecule has 5 nitrogen and oxygen atoms in total. The van der Waals surface area contributed by atoms with Gasteiger partial charge in [0.15, 0.2) is 0 Å². The smallest absolute Gasteiger partial charge is 0.321 e. The summed E-state index contributed by atoms with van der Waals surface area (Å²) < 4.78 is 5.62. The van der Waals surface area contributed by atoms with Crippen LogP contribution in [0.5, 0.6) is 11.8 Å². The van der Waals surface area contributed by atoms with Gasteiger partial charge in [0, 0.05) is 29.5 Å². The van der Waals surface area contributed by atoms with Gasteiger partial charge in [-0.15, -0.1) is 0 Å². The zero-order chi connectivity index (χ0) is 13.1. The number of nitrogens with one attached hydrogen (secondary N) is 1. The molecule has 0 spiro atoms. The van der Waals surface area contributed by atoms with E-state index in [4.69, 9.17) is 10.5 Å². The number of aromatic nitrogens is 3. The monoisotopic (exact) mass is 254 g/mol. The minimum absolute atomic E-state index is 0.345. The molecule has 0 saturated heterocycles. The van der Waals surface area contributed by atoms with Crippen LogP contribution in [-0.4, -0.2) is 21.5 Å². The zero-order valence-corrected chi connectivity index (χ0v) is 10.3. The van der Waals surface area contributed by atoms with Gasteiger partial charge in [0.25, 0.3) is 0 Å². The minimum Gasteiger partial charge on any atom is -0.424 e. The van der Waals surface area contributed by atoms with Crippen LogP contribution >= 0.6 is 0 Å². The van der Waals surface area contributed by atoms with E-state index in [0.29, 0.717) is 12.6 Å². The highest BCUT2D eigenvalue weighted by molar-refractivity contribution is 5.84. The van der Waals surface area contributed by atoms with Gasteiger partial charge in [-0.3, -0.25) is 0 Å². The number of H-pyrrole nitrogens is 1. The van der Waals surface area contributed by atoms with E-state index in [-0.39, 0.29) is 0 Å². The molecule has 0 aliphatic heterocycles. The van der Waals surface area contributed by atoms with Gasteiger partial charge in [-0.1, -0.05) is 0 Å². The van der Waals surface area contributed by atoms with Crippen LogP contribution in [0.15, 0.2) is 42.9 Å². The van der Waals surface area contributed by atoms with Crippen LogP contribution in [0.4, 0.5) is 0 Å². The Hall–Kier alpha value is -2.40. The summed E-state index contributed by atoms with van der Waals surface area (Å²) in [5, 5.41) is 1.12. The first kappa shape index (κ1) is 11.7. The lowest BCUT2D eigenvalue weighted by molar-refractivity contribution is 0.442. The van der Waals surface area contributed by atoms with Gasteiger partial charge in [0.1, 0.15) is 5.75 Å². The number of fused-ring (bicyclic) bond motifs is 1. The van der Waals surface area contributed by atoms with Crippen LogP contribution < -0.4 is 10.5 Å². The second-order valence-electron chi connectivity index (χ2n) is 4.19. The fourth-order valence-electron chi connectivity index (χ4n) is 2.03. The number of hydrogen-bond acceptors (Lipinski definition) is 4. The number of benzene rings is 1. The molecular formula is C14H14N4O. The van der Waals surface area contributed by atoms with E-state index in [9.17, 15) is 0 Å². The maximum atomic E-state index is 5.62. The molecule has 2 aromatic heterocycles. The Morgan fingerprint density at radius 2 is 2.05 bits per heavy atom. The molecule has 3 rings (SSSR count). The molecule has 3 aromatic rings. The number of nitrogens with two attached hydrogens (primary N) is 1. The topological polar surface area (TPSA) is 76.8 Å². The molecule has 0 aliphatic rings. The van der Waals surface area contributed by atoms with Crippen molar-refractivity contribution in [2.45, 2.75) is 6.42 Å². The van der Waals surface area contributed by atoms with E-state index in [0.717, 1.165) is 23.1 Å². The van der Waals surface area contributed by atoms with Crippen LogP contribution in [-0.2, 0) is 6.42 Å². The lowest BCUT2D eigenvalue weighted by Gasteiger charge is -2.04. The molecule has 0 unspecified atom stereocenters. The van der Waals surface area contributed by atoms with Crippen molar-refractivity contribution < 1.29 is 4.74 Å². The van der Waals surface area contributed by atoms with Crippen LogP contribution in [0, 0.1) is 0 Å². The first-order valence-corrected chi connectivity index (χ1v) is 6.12. The molecule has 0 saturated carbocycles. The Kier molecular flexibility index (Phi) is 3.12. The molecule has 0 bridgehead atoms. The van der Waals surface area contributed by atoms with E-state index in [2.05, 4.69) is 15.0 Å². The van der Waals surface area contributed by atoms with Crippen molar-refractivity contribution in [1.29, 1.82) is 0 Å². The summed E-state index contributed by atoms with van der Waals surface area (Å²) in [5.41, 5.74) is 7.87. The molecule has 0 fully saturated rings. The molecule has 96 valence electrons. The summed E-state index contributed by atoms with van der Waals surface area (Å²) in [6.07, 6.45) is 6.12. The summed E-state index contributed by atoms with van der Waals surface area (Å²) in [6.45, 7) is 0.625. The average Bonchev–Trinajstić information content (AvgIpc) is 2.83. The van der Waals surface area contributed by atoms with Crippen molar-refractivity contribution in [3.63, 3.8) is 0 Å². The predicted molar refractivity (Wildman–Crippen MR) is 73.2 cm³/mol. The first-order valence-electron chi connectivity index (χ1n) is 6.12. The Morgan fingerprint density at radius 3 is 2.84 bits per heavy atom. The highest BCUT2D eigenvalue weighted by Crippen LogP contribution is 2.26. The van der Waals surface area contributed by atoms with Gasteiger partial charge in [-0.2, -0.15) is 0 Å². The fourth-order valence-corrected chi connectivity index (χ4v) is 2.03. The molecule has 3 N–H and O–H groups in total. The summed E-state index contributed by atoms with van der Waals surface area (Å²) in [6, 6.07) is 7.95. The summed E-state index contributed by atoms with van der Waals surface area (Å²) in [5.74, 6) is 0.719. The van der Waals surface area contributed by atoms with Gasteiger partial charge < -0.3 is 15.5 Å². The Balaban J connectivity index is 1.94. The van der Waals surface area contributed by atoms with Crippen LogP contribution in [0.25, 0.3) is 10.9 Å². The largest absolute Gasteiger partial charge is 0.424 e. The van der Waals surface area contributed by atoms with Gasteiger partial charge in [-0.25, -0.2) is 9.97 Å². The van der Waals surface area contributed by atoms with Crippen molar-refractivity contribution in [3.8, 4) is 11.8 Å². The third-order valence-corrected chi connectivity index (χ3v) is 2.90. The summed E-state index contributed by atoms with van der Waals surface area (Å²) >= 11 is 0. The highest BCUT2D eigenvalue weighted by Gasteiger charge is 2.06. The van der Waals surface area contributed by atoms with Crippen LogP contribution in [0.2, 0.25) is 0 Å². The Morgan fingerprint density at radius 1 is 1.21 bits per heavy atom. The second-order valence-corrected chi connectivity index (χ2v) is 4.19. The predicted octanol–water partition coefficient (Wildman–Crippen LogP) is 2.25. The van der Waals surface area contributed by atoms with E-state index in [1.54, 1.807) is 18.5 Å². The summed E-state index contributed by atoms with van der Waals surface area (Å²) in [7, 11) is 0. The van der Waals surface area contributed by atoms with Gasteiger partial charge in [-0.05, 0) is 42.8 Å². The van der Waals surface area contributed by atoms with Gasteiger partial charge in [0.05, 0.1) is 0 Å². The average molecular weight is 254 g/mol. The number of aromatic amines is 1. The van der Waals surface area contributed by atoms with E-state index < -0.39 is 0 Å². The molecule has 1 aromatic carbocycles. The highest BCUT2D eigenvalue weighted by atomic mass is 16.5. The third kappa shape index (κ3) is 2.41. The molecule has 0 aliphatic carbocycles. The number of rotatable bonds is 4. The fraction of sp³-hybridized carbons (Fsp3) is 0.143. The number of ether oxygens (including phenoxy) is 1. The van der Waals surface area contributed by atoms with Crippen molar-refractivity contribution in [2.24, 2.45) is 5.73 Å².